The summed E-state index contributed by atoms with van der Waals surface area (Å²) in [7, 11) is 0. The second-order valence-electron chi connectivity index (χ2n) is 6.54. The van der Waals surface area contributed by atoms with Crippen LogP contribution in [0, 0.1) is 0 Å². The first kappa shape index (κ1) is 18.6. The van der Waals surface area contributed by atoms with Crippen LogP contribution < -0.4 is 10.9 Å². The van der Waals surface area contributed by atoms with Crippen LogP contribution in [0.5, 0.6) is 0 Å². The third-order valence-corrected chi connectivity index (χ3v) is 4.81. The standard InChI is InChI=1S/C21H24ClN3O/c1-3-23-12-11-15(2)25-21(26)19-10-5-4-9-18(19)20(24-25)14-16-7-6-8-17(22)13-16/h4-10,13,15,23H,3,11-12,14H2,1-2H3. The molecule has 1 N–H and O–H groups in total. The van der Waals surface area contributed by atoms with E-state index in [-0.39, 0.29) is 11.6 Å². The highest BCUT2D eigenvalue weighted by Crippen LogP contribution is 2.20. The van der Waals surface area contributed by atoms with Crippen molar-refractivity contribution in [2.24, 2.45) is 0 Å². The maximum atomic E-state index is 12.9. The summed E-state index contributed by atoms with van der Waals surface area (Å²) in [6, 6.07) is 15.5. The molecule has 0 fully saturated rings. The Labute approximate surface area is 158 Å². The topological polar surface area (TPSA) is 46.9 Å². The molecule has 26 heavy (non-hydrogen) atoms. The van der Waals surface area contributed by atoms with Crippen LogP contribution in [0.15, 0.2) is 53.3 Å². The van der Waals surface area contributed by atoms with E-state index in [4.69, 9.17) is 16.7 Å². The maximum Gasteiger partial charge on any atom is 0.274 e. The normalized spacial score (nSPS) is 12.4. The lowest BCUT2D eigenvalue weighted by Crippen LogP contribution is -2.29. The van der Waals surface area contributed by atoms with Crippen molar-refractivity contribution in [2.75, 3.05) is 13.1 Å². The lowest BCUT2D eigenvalue weighted by molar-refractivity contribution is 0.427. The number of hydrogen-bond donors (Lipinski definition) is 1. The van der Waals surface area contributed by atoms with E-state index >= 15 is 0 Å². The van der Waals surface area contributed by atoms with Gasteiger partial charge in [-0.25, -0.2) is 4.68 Å². The van der Waals surface area contributed by atoms with Gasteiger partial charge in [0.1, 0.15) is 0 Å². The zero-order valence-electron chi connectivity index (χ0n) is 15.2. The first-order valence-electron chi connectivity index (χ1n) is 9.05. The van der Waals surface area contributed by atoms with E-state index in [1.807, 2.05) is 55.5 Å². The second kappa shape index (κ2) is 8.47. The van der Waals surface area contributed by atoms with E-state index in [2.05, 4.69) is 12.2 Å². The highest BCUT2D eigenvalue weighted by atomic mass is 35.5. The van der Waals surface area contributed by atoms with Crippen molar-refractivity contribution >= 4 is 22.4 Å². The van der Waals surface area contributed by atoms with Gasteiger partial charge < -0.3 is 5.32 Å². The molecule has 136 valence electrons. The monoisotopic (exact) mass is 369 g/mol. The molecule has 0 aliphatic carbocycles. The fourth-order valence-electron chi connectivity index (χ4n) is 3.15. The van der Waals surface area contributed by atoms with Crippen LogP contribution in [0.2, 0.25) is 5.02 Å². The fourth-order valence-corrected chi connectivity index (χ4v) is 3.37. The molecule has 0 amide bonds. The highest BCUT2D eigenvalue weighted by molar-refractivity contribution is 6.30. The molecule has 0 spiro atoms. The van der Waals surface area contributed by atoms with E-state index in [0.717, 1.165) is 41.5 Å². The Morgan fingerprint density at radius 1 is 1.15 bits per heavy atom. The number of halogens is 1. The molecule has 0 radical (unpaired) electrons. The molecule has 1 unspecified atom stereocenters. The molecule has 1 heterocycles. The van der Waals surface area contributed by atoms with Crippen molar-refractivity contribution in [1.82, 2.24) is 15.1 Å². The quantitative estimate of drug-likeness (QED) is 0.635. The van der Waals surface area contributed by atoms with Crippen molar-refractivity contribution in [3.8, 4) is 0 Å². The predicted octanol–water partition coefficient (Wildman–Crippen LogP) is 4.20. The molecule has 0 aliphatic heterocycles. The average molecular weight is 370 g/mol. The van der Waals surface area contributed by atoms with Crippen LogP contribution in [-0.4, -0.2) is 22.9 Å². The van der Waals surface area contributed by atoms with Gasteiger partial charge in [0, 0.05) is 16.8 Å². The third kappa shape index (κ3) is 4.14. The van der Waals surface area contributed by atoms with E-state index in [1.165, 1.54) is 0 Å². The molecular weight excluding hydrogens is 346 g/mol. The summed E-state index contributed by atoms with van der Waals surface area (Å²) in [6.45, 7) is 5.91. The molecule has 0 aliphatic rings. The summed E-state index contributed by atoms with van der Waals surface area (Å²) in [5.74, 6) is 0. The van der Waals surface area contributed by atoms with Crippen LogP contribution in [-0.2, 0) is 6.42 Å². The van der Waals surface area contributed by atoms with Crippen LogP contribution >= 0.6 is 11.6 Å². The smallest absolute Gasteiger partial charge is 0.274 e. The second-order valence-corrected chi connectivity index (χ2v) is 6.98. The van der Waals surface area contributed by atoms with Gasteiger partial charge in [-0.1, -0.05) is 48.9 Å². The number of nitrogens with zero attached hydrogens (tertiary/aromatic N) is 2. The molecule has 4 nitrogen and oxygen atoms in total. The Kier molecular flexibility index (Phi) is 6.07. The summed E-state index contributed by atoms with van der Waals surface area (Å²) in [5, 5.41) is 10.4. The third-order valence-electron chi connectivity index (χ3n) is 4.57. The van der Waals surface area contributed by atoms with Gasteiger partial charge in [0.2, 0.25) is 0 Å². The van der Waals surface area contributed by atoms with Crippen molar-refractivity contribution in [1.29, 1.82) is 0 Å². The number of benzene rings is 2. The minimum absolute atomic E-state index is 0.0283. The summed E-state index contributed by atoms with van der Waals surface area (Å²) >= 11 is 6.12. The Morgan fingerprint density at radius 2 is 1.92 bits per heavy atom. The van der Waals surface area contributed by atoms with Crippen molar-refractivity contribution in [2.45, 2.75) is 32.7 Å². The summed E-state index contributed by atoms with van der Waals surface area (Å²) in [6.07, 6.45) is 1.50. The van der Waals surface area contributed by atoms with Crippen LogP contribution in [0.1, 0.15) is 37.6 Å². The molecule has 1 aromatic heterocycles. The number of aromatic nitrogens is 2. The summed E-state index contributed by atoms with van der Waals surface area (Å²) in [5.41, 5.74) is 1.96. The van der Waals surface area contributed by atoms with Crippen LogP contribution in [0.25, 0.3) is 10.8 Å². The molecule has 0 bridgehead atoms. The molecule has 0 saturated carbocycles. The molecule has 3 rings (SSSR count). The van der Waals surface area contributed by atoms with Crippen LogP contribution in [0.3, 0.4) is 0 Å². The maximum absolute atomic E-state index is 12.9. The van der Waals surface area contributed by atoms with E-state index < -0.39 is 0 Å². The van der Waals surface area contributed by atoms with Crippen molar-refractivity contribution < 1.29 is 0 Å². The predicted molar refractivity (Wildman–Crippen MR) is 108 cm³/mol. The van der Waals surface area contributed by atoms with Gasteiger partial charge in [0.05, 0.1) is 17.1 Å². The average Bonchev–Trinajstić information content (AvgIpc) is 2.64. The lowest BCUT2D eigenvalue weighted by atomic mass is 10.0. The van der Waals surface area contributed by atoms with Gasteiger partial charge in [0.15, 0.2) is 0 Å². The first-order valence-corrected chi connectivity index (χ1v) is 9.43. The lowest BCUT2D eigenvalue weighted by Gasteiger charge is -2.17. The minimum atomic E-state index is -0.0283. The summed E-state index contributed by atoms with van der Waals surface area (Å²) < 4.78 is 1.64. The number of hydrogen-bond acceptors (Lipinski definition) is 3. The molecule has 0 saturated heterocycles. The van der Waals surface area contributed by atoms with Gasteiger partial charge in [-0.05, 0) is 50.2 Å². The number of nitrogens with one attached hydrogen (secondary N) is 1. The van der Waals surface area contributed by atoms with E-state index in [9.17, 15) is 4.79 Å². The zero-order valence-corrected chi connectivity index (χ0v) is 16.0. The molecule has 1 atom stereocenters. The van der Waals surface area contributed by atoms with Crippen LogP contribution in [0.4, 0.5) is 0 Å². The van der Waals surface area contributed by atoms with E-state index in [1.54, 1.807) is 4.68 Å². The molecule has 3 aromatic rings. The largest absolute Gasteiger partial charge is 0.317 e. The fraction of sp³-hybridized carbons (Fsp3) is 0.333. The van der Waals surface area contributed by atoms with Gasteiger partial charge >= 0.3 is 0 Å². The molecule has 2 aromatic carbocycles. The Balaban J connectivity index is 2.04. The Morgan fingerprint density at radius 3 is 2.65 bits per heavy atom. The number of rotatable bonds is 7. The Hall–Kier alpha value is -2.17. The Bertz CT molecular complexity index is 951. The summed E-state index contributed by atoms with van der Waals surface area (Å²) in [4.78, 5) is 12.9. The zero-order chi connectivity index (χ0) is 18.5. The minimum Gasteiger partial charge on any atom is -0.317 e. The SMILES string of the molecule is CCNCCC(C)n1nc(Cc2cccc(Cl)c2)c2ccccc2c1=O. The van der Waals surface area contributed by atoms with Crippen molar-refractivity contribution in [3.05, 3.63) is 75.2 Å². The van der Waals surface area contributed by atoms with Gasteiger partial charge in [-0.3, -0.25) is 4.79 Å². The van der Waals surface area contributed by atoms with Crippen molar-refractivity contribution in [3.63, 3.8) is 0 Å². The van der Waals surface area contributed by atoms with Gasteiger partial charge in [0.25, 0.3) is 5.56 Å². The van der Waals surface area contributed by atoms with Gasteiger partial charge in [-0.2, -0.15) is 5.10 Å². The van der Waals surface area contributed by atoms with Gasteiger partial charge in [-0.15, -0.1) is 0 Å². The van der Waals surface area contributed by atoms with E-state index in [0.29, 0.717) is 11.4 Å². The number of fused-ring (bicyclic) bond motifs is 1. The molecule has 5 heteroatoms. The first-order chi connectivity index (χ1) is 12.6. The highest BCUT2D eigenvalue weighted by Gasteiger charge is 2.15. The molecular formula is C21H24ClN3O.